The van der Waals surface area contributed by atoms with E-state index in [4.69, 9.17) is 4.74 Å². The Morgan fingerprint density at radius 2 is 1.61 bits per heavy atom. The lowest BCUT2D eigenvalue weighted by Gasteiger charge is -2.25. The molecular weight excluding hydrogens is 290 g/mol. The van der Waals surface area contributed by atoms with Crippen molar-refractivity contribution in [3.63, 3.8) is 0 Å². The minimum atomic E-state index is -0.658. The van der Waals surface area contributed by atoms with Crippen molar-refractivity contribution in [2.75, 3.05) is 7.05 Å². The molecule has 2 aliphatic rings. The van der Waals surface area contributed by atoms with Gasteiger partial charge in [-0.05, 0) is 24.0 Å². The molecule has 4 rings (SSSR count). The number of fused-ring (bicyclic) bond motifs is 3. The van der Waals surface area contributed by atoms with Gasteiger partial charge >= 0.3 is 6.09 Å². The second kappa shape index (κ2) is 4.95. The van der Waals surface area contributed by atoms with E-state index in [1.807, 2.05) is 48.5 Å². The number of hydrogen-bond acceptors (Lipinski definition) is 3. The molecule has 4 heteroatoms. The molecule has 1 fully saturated rings. The third-order valence-electron chi connectivity index (χ3n) is 4.92. The van der Waals surface area contributed by atoms with Crippen molar-refractivity contribution in [2.24, 2.45) is 0 Å². The summed E-state index contributed by atoms with van der Waals surface area (Å²) in [6, 6.07) is 15.9. The molecule has 0 saturated heterocycles. The first-order valence-electron chi connectivity index (χ1n) is 7.75. The summed E-state index contributed by atoms with van der Waals surface area (Å²) in [4.78, 5) is 25.2. The summed E-state index contributed by atoms with van der Waals surface area (Å²) in [5.74, 6) is 0. The van der Waals surface area contributed by atoms with Gasteiger partial charge in [0, 0.05) is 18.2 Å². The normalized spacial score (nSPS) is 17.1. The first-order chi connectivity index (χ1) is 11.2. The molecule has 0 spiro atoms. The summed E-state index contributed by atoms with van der Waals surface area (Å²) >= 11 is 0. The molecule has 0 N–H and O–H groups in total. The van der Waals surface area contributed by atoms with Gasteiger partial charge in [-0.1, -0.05) is 48.5 Å². The van der Waals surface area contributed by atoms with Gasteiger partial charge in [0.2, 0.25) is 0 Å². The summed E-state index contributed by atoms with van der Waals surface area (Å²) in [7, 11) is 1.64. The van der Waals surface area contributed by atoms with Crippen LogP contribution in [0.15, 0.2) is 48.5 Å². The molecule has 2 aliphatic carbocycles. The Morgan fingerprint density at radius 3 is 2.09 bits per heavy atom. The fraction of sp³-hybridized carbons (Fsp3) is 0.263. The maximum Gasteiger partial charge on any atom is 0.411 e. The van der Waals surface area contributed by atoms with Gasteiger partial charge in [-0.3, -0.25) is 4.90 Å². The first-order valence-corrected chi connectivity index (χ1v) is 7.75. The number of nitrogens with zero attached hydrogens (tertiary/aromatic N) is 1. The van der Waals surface area contributed by atoms with Gasteiger partial charge in [0.05, 0.1) is 0 Å². The number of carbonyl (C=O) groups excluding carboxylic acids is 2. The van der Waals surface area contributed by atoms with E-state index in [0.717, 1.165) is 28.5 Å². The summed E-state index contributed by atoms with van der Waals surface area (Å²) in [5, 5.41) is 0. The third kappa shape index (κ3) is 2.05. The molecule has 0 heterocycles. The molecule has 0 bridgehead atoms. The van der Waals surface area contributed by atoms with E-state index < -0.39 is 17.7 Å². The van der Waals surface area contributed by atoms with E-state index in [1.54, 1.807) is 7.05 Å². The Balaban J connectivity index is 1.67. The minimum absolute atomic E-state index is 0.417. The molecule has 0 radical (unpaired) electrons. The van der Waals surface area contributed by atoms with Gasteiger partial charge in [0.1, 0.15) is 11.8 Å². The van der Waals surface area contributed by atoms with E-state index in [2.05, 4.69) is 0 Å². The molecule has 1 saturated carbocycles. The lowest BCUT2D eigenvalue weighted by molar-refractivity contribution is -0.113. The van der Waals surface area contributed by atoms with Crippen molar-refractivity contribution in [2.45, 2.75) is 24.5 Å². The molecule has 116 valence electrons. The largest absolute Gasteiger partial charge is 0.436 e. The van der Waals surface area contributed by atoms with Crippen molar-refractivity contribution < 1.29 is 14.3 Å². The van der Waals surface area contributed by atoms with E-state index in [-0.39, 0.29) is 0 Å². The number of aldehydes is 1. The number of benzene rings is 2. The molecule has 4 nitrogen and oxygen atoms in total. The molecule has 0 unspecified atom stereocenters. The molecule has 0 atom stereocenters. The Kier molecular flexibility index (Phi) is 3.01. The van der Waals surface area contributed by atoms with Crippen molar-refractivity contribution >= 4 is 12.4 Å². The van der Waals surface area contributed by atoms with Crippen LogP contribution in [-0.2, 0) is 9.53 Å². The molecule has 23 heavy (non-hydrogen) atoms. The number of ether oxygens (including phenoxy) is 1. The predicted octanol–water partition coefficient (Wildman–Crippen LogP) is 3.56. The minimum Gasteiger partial charge on any atom is -0.436 e. The fourth-order valence-corrected chi connectivity index (χ4v) is 3.26. The number of carbonyl (C=O) groups is 2. The van der Waals surface area contributed by atoms with E-state index in [1.165, 1.54) is 4.90 Å². The van der Waals surface area contributed by atoms with Crippen molar-refractivity contribution in [1.82, 2.24) is 4.90 Å². The molecular formula is C19H17NO3. The monoisotopic (exact) mass is 307 g/mol. The van der Waals surface area contributed by atoms with E-state index in [0.29, 0.717) is 12.8 Å². The van der Waals surface area contributed by atoms with Crippen LogP contribution in [0.5, 0.6) is 0 Å². The first kappa shape index (κ1) is 14.0. The van der Waals surface area contributed by atoms with Gasteiger partial charge in [-0.25, -0.2) is 4.79 Å². The van der Waals surface area contributed by atoms with E-state index >= 15 is 0 Å². The Labute approximate surface area is 134 Å². The highest BCUT2D eigenvalue weighted by Gasteiger charge is 2.50. The van der Waals surface area contributed by atoms with Crippen LogP contribution in [-0.4, -0.2) is 29.9 Å². The van der Waals surface area contributed by atoms with Gasteiger partial charge in [0.25, 0.3) is 0 Å². The summed E-state index contributed by atoms with van der Waals surface area (Å²) < 4.78 is 5.78. The maximum absolute atomic E-state index is 12.5. The average Bonchev–Trinajstić information content (AvgIpc) is 3.34. The van der Waals surface area contributed by atoms with Gasteiger partial charge in [-0.2, -0.15) is 0 Å². The third-order valence-corrected chi connectivity index (χ3v) is 4.92. The molecule has 0 aliphatic heterocycles. The predicted molar refractivity (Wildman–Crippen MR) is 86.0 cm³/mol. The Hall–Kier alpha value is -2.62. The lowest BCUT2D eigenvalue weighted by Crippen LogP contribution is -2.40. The highest BCUT2D eigenvalue weighted by atomic mass is 16.6. The van der Waals surface area contributed by atoms with Crippen LogP contribution in [0.1, 0.15) is 30.1 Å². The van der Waals surface area contributed by atoms with Crippen LogP contribution in [0.25, 0.3) is 11.1 Å². The SMILES string of the molecule is CN(C(=O)OC1c2ccccc2-c2ccccc21)C1(C=O)CC1. The topological polar surface area (TPSA) is 46.6 Å². The maximum atomic E-state index is 12.5. The summed E-state index contributed by atoms with van der Waals surface area (Å²) in [6.07, 6.45) is 1.40. The van der Waals surface area contributed by atoms with Crippen LogP contribution >= 0.6 is 0 Å². The number of amides is 1. The number of likely N-dealkylation sites (N-methyl/N-ethyl adjacent to an activating group) is 1. The quantitative estimate of drug-likeness (QED) is 0.815. The molecule has 0 aromatic heterocycles. The van der Waals surface area contributed by atoms with Crippen molar-refractivity contribution in [3.8, 4) is 11.1 Å². The summed E-state index contributed by atoms with van der Waals surface area (Å²) in [5.41, 5.74) is 3.52. The zero-order valence-corrected chi connectivity index (χ0v) is 12.9. The molecule has 1 amide bonds. The second-order valence-corrected chi connectivity index (χ2v) is 6.22. The number of hydrogen-bond donors (Lipinski definition) is 0. The van der Waals surface area contributed by atoms with Crippen LogP contribution < -0.4 is 0 Å². The standard InChI is InChI=1S/C19H17NO3/c1-20(19(12-21)10-11-19)18(22)23-17-15-8-4-2-6-13(15)14-7-3-5-9-16(14)17/h2-9,12,17H,10-11H2,1H3. The van der Waals surface area contributed by atoms with Crippen LogP contribution in [0.3, 0.4) is 0 Å². The zero-order valence-electron chi connectivity index (χ0n) is 12.9. The highest BCUT2D eigenvalue weighted by Crippen LogP contribution is 2.46. The van der Waals surface area contributed by atoms with Crippen molar-refractivity contribution in [3.05, 3.63) is 59.7 Å². The van der Waals surface area contributed by atoms with Crippen LogP contribution in [0, 0.1) is 0 Å². The fourth-order valence-electron chi connectivity index (χ4n) is 3.26. The van der Waals surface area contributed by atoms with Gasteiger partial charge in [-0.15, -0.1) is 0 Å². The summed E-state index contributed by atoms with van der Waals surface area (Å²) in [6.45, 7) is 0. The lowest BCUT2D eigenvalue weighted by atomic mass is 10.1. The molecule has 2 aromatic carbocycles. The van der Waals surface area contributed by atoms with Crippen molar-refractivity contribution in [1.29, 1.82) is 0 Å². The Morgan fingerprint density at radius 1 is 1.09 bits per heavy atom. The zero-order chi connectivity index (χ0) is 16.0. The average molecular weight is 307 g/mol. The smallest absolute Gasteiger partial charge is 0.411 e. The number of rotatable bonds is 3. The second-order valence-electron chi connectivity index (χ2n) is 6.22. The Bertz CT molecular complexity index is 749. The molecule has 2 aromatic rings. The highest BCUT2D eigenvalue weighted by molar-refractivity contribution is 5.82. The van der Waals surface area contributed by atoms with Crippen LogP contribution in [0.4, 0.5) is 4.79 Å². The van der Waals surface area contributed by atoms with Crippen LogP contribution in [0.2, 0.25) is 0 Å². The van der Waals surface area contributed by atoms with E-state index in [9.17, 15) is 9.59 Å². The van der Waals surface area contributed by atoms with Gasteiger partial charge < -0.3 is 9.53 Å². The van der Waals surface area contributed by atoms with Gasteiger partial charge in [0.15, 0.2) is 6.10 Å².